The second-order valence-corrected chi connectivity index (χ2v) is 8.83. The van der Waals surface area contributed by atoms with Gasteiger partial charge in [0, 0.05) is 21.7 Å². The van der Waals surface area contributed by atoms with E-state index in [1.807, 2.05) is 110 Å². The minimum atomic E-state index is -1.29. The molecule has 4 aromatic carbocycles. The van der Waals surface area contributed by atoms with Crippen LogP contribution in [0.1, 0.15) is 27.8 Å². The van der Waals surface area contributed by atoms with Crippen LogP contribution in [0, 0.1) is 6.92 Å². The number of nitrogens with two attached hydrogens (primary N) is 1. The quantitative estimate of drug-likeness (QED) is 0.232. The molecule has 2 atom stereocenters. The fourth-order valence-electron chi connectivity index (χ4n) is 4.03. The molecule has 0 aliphatic carbocycles. The number of carbonyl (C=O) groups is 1. The number of hydrogen-bond donors (Lipinski definition) is 1. The molecule has 0 radical (unpaired) electrons. The lowest BCUT2D eigenvalue weighted by Gasteiger charge is -2.36. The largest absolute Gasteiger partial charge is 0.443 e. The summed E-state index contributed by atoms with van der Waals surface area (Å²) in [6.45, 7) is 2.39. The van der Waals surface area contributed by atoms with Crippen LogP contribution in [0.15, 0.2) is 109 Å². The number of hydrogen-bond acceptors (Lipinski definition) is 4. The van der Waals surface area contributed by atoms with E-state index in [1.165, 1.54) is 0 Å². The number of halogens is 1. The lowest BCUT2D eigenvalue weighted by atomic mass is 9.79. The Morgan fingerprint density at radius 3 is 2.06 bits per heavy atom. The molecule has 0 aromatic heterocycles. The monoisotopic (exact) mass is 485 g/mol. The summed E-state index contributed by atoms with van der Waals surface area (Å²) in [5.74, 6) is -0.581. The standard InChI is InChI=1S/C30H28ClNO3/c1-22-16-18-25(19-17-22)30(24-12-6-3-7-13-24,26-14-8-9-15-27(26)31)35-29(33)28(32)21-34-20-23-10-4-2-5-11-23/h2-19,28H,20-21,32H2,1H3/t28-,30?/m0/s1. The van der Waals surface area contributed by atoms with Gasteiger partial charge in [-0.1, -0.05) is 120 Å². The van der Waals surface area contributed by atoms with E-state index in [0.29, 0.717) is 17.2 Å². The number of esters is 1. The van der Waals surface area contributed by atoms with E-state index in [2.05, 4.69) is 0 Å². The highest BCUT2D eigenvalue weighted by Crippen LogP contribution is 2.43. The van der Waals surface area contributed by atoms with Gasteiger partial charge in [-0.3, -0.25) is 4.79 Å². The summed E-state index contributed by atoms with van der Waals surface area (Å²) in [6, 6.07) is 33.6. The zero-order valence-corrected chi connectivity index (χ0v) is 20.3. The summed E-state index contributed by atoms with van der Waals surface area (Å²) >= 11 is 6.71. The van der Waals surface area contributed by atoms with Gasteiger partial charge < -0.3 is 15.2 Å². The third-order valence-corrected chi connectivity index (χ3v) is 6.19. The number of aryl methyl sites for hydroxylation is 1. The Kier molecular flexibility index (Phi) is 7.98. The molecule has 0 fully saturated rings. The van der Waals surface area contributed by atoms with Crippen LogP contribution in [0.4, 0.5) is 0 Å². The van der Waals surface area contributed by atoms with Gasteiger partial charge in [0.05, 0.1) is 13.2 Å². The van der Waals surface area contributed by atoms with Crippen molar-refractivity contribution in [3.8, 4) is 0 Å². The highest BCUT2D eigenvalue weighted by Gasteiger charge is 2.43. The minimum absolute atomic E-state index is 0.0228. The Bertz CT molecular complexity index is 1250. The predicted octanol–water partition coefficient (Wildman–Crippen LogP) is 6.03. The van der Waals surface area contributed by atoms with Gasteiger partial charge >= 0.3 is 5.97 Å². The van der Waals surface area contributed by atoms with E-state index in [-0.39, 0.29) is 6.61 Å². The van der Waals surface area contributed by atoms with Crippen molar-refractivity contribution in [2.75, 3.05) is 6.61 Å². The third-order valence-electron chi connectivity index (χ3n) is 5.86. The van der Waals surface area contributed by atoms with Crippen molar-refractivity contribution in [2.45, 2.75) is 25.2 Å². The van der Waals surface area contributed by atoms with E-state index >= 15 is 0 Å². The second kappa shape index (κ2) is 11.3. The Morgan fingerprint density at radius 1 is 0.829 bits per heavy atom. The molecule has 4 aromatic rings. The van der Waals surface area contributed by atoms with E-state index in [0.717, 1.165) is 22.3 Å². The molecule has 178 valence electrons. The minimum Gasteiger partial charge on any atom is -0.443 e. The van der Waals surface area contributed by atoms with Crippen LogP contribution in [-0.2, 0) is 26.5 Å². The van der Waals surface area contributed by atoms with E-state index in [1.54, 1.807) is 6.07 Å². The van der Waals surface area contributed by atoms with E-state index in [4.69, 9.17) is 26.8 Å². The topological polar surface area (TPSA) is 61.5 Å². The molecule has 0 heterocycles. The molecule has 0 amide bonds. The molecule has 4 rings (SSSR count). The Balaban J connectivity index is 1.70. The molecule has 0 aliphatic rings. The van der Waals surface area contributed by atoms with Crippen molar-refractivity contribution in [1.29, 1.82) is 0 Å². The normalized spacial score (nSPS) is 13.6. The first-order valence-corrected chi connectivity index (χ1v) is 11.9. The fraction of sp³-hybridized carbons (Fsp3) is 0.167. The number of carbonyl (C=O) groups excluding carboxylic acids is 1. The van der Waals surface area contributed by atoms with Gasteiger partial charge in [-0.05, 0) is 18.6 Å². The molecule has 0 spiro atoms. The molecule has 35 heavy (non-hydrogen) atoms. The summed E-state index contributed by atoms with van der Waals surface area (Å²) in [6.07, 6.45) is 0. The van der Waals surface area contributed by atoms with Crippen molar-refractivity contribution >= 4 is 17.6 Å². The molecular formula is C30H28ClNO3. The Hall–Kier alpha value is -3.44. The molecule has 0 saturated heterocycles. The van der Waals surface area contributed by atoms with Crippen LogP contribution in [0.25, 0.3) is 0 Å². The SMILES string of the molecule is Cc1ccc(C(OC(=O)[C@@H](N)COCc2ccccc2)(c2ccccc2)c2ccccc2Cl)cc1. The summed E-state index contributed by atoms with van der Waals surface area (Å²) in [5, 5.41) is 0.485. The van der Waals surface area contributed by atoms with Gasteiger partial charge in [-0.25, -0.2) is 0 Å². The predicted molar refractivity (Wildman–Crippen MR) is 139 cm³/mol. The maximum absolute atomic E-state index is 13.4. The lowest BCUT2D eigenvalue weighted by Crippen LogP contribution is -2.44. The second-order valence-electron chi connectivity index (χ2n) is 8.42. The molecule has 4 nitrogen and oxygen atoms in total. The van der Waals surface area contributed by atoms with Gasteiger partial charge in [-0.2, -0.15) is 0 Å². The third kappa shape index (κ3) is 5.63. The first-order valence-electron chi connectivity index (χ1n) is 11.5. The molecule has 0 saturated carbocycles. The molecule has 0 aliphatic heterocycles. The first kappa shape index (κ1) is 24.7. The van der Waals surface area contributed by atoms with Crippen LogP contribution in [0.2, 0.25) is 5.02 Å². The fourth-order valence-corrected chi connectivity index (χ4v) is 4.30. The van der Waals surface area contributed by atoms with Crippen LogP contribution in [0.3, 0.4) is 0 Å². The highest BCUT2D eigenvalue weighted by molar-refractivity contribution is 6.31. The highest BCUT2D eigenvalue weighted by atomic mass is 35.5. The number of benzene rings is 4. The average Bonchev–Trinajstić information content (AvgIpc) is 2.89. The maximum atomic E-state index is 13.4. The zero-order chi connectivity index (χ0) is 24.7. The van der Waals surface area contributed by atoms with Crippen molar-refractivity contribution in [2.24, 2.45) is 5.73 Å². The zero-order valence-electron chi connectivity index (χ0n) is 19.6. The Morgan fingerprint density at radius 2 is 1.40 bits per heavy atom. The summed E-state index contributed by atoms with van der Waals surface area (Å²) in [5.41, 5.74) is 9.25. The summed E-state index contributed by atoms with van der Waals surface area (Å²) < 4.78 is 12.1. The van der Waals surface area contributed by atoms with E-state index < -0.39 is 17.6 Å². The molecule has 5 heteroatoms. The molecule has 2 N–H and O–H groups in total. The van der Waals surface area contributed by atoms with Crippen molar-refractivity contribution < 1.29 is 14.3 Å². The summed E-state index contributed by atoms with van der Waals surface area (Å²) in [7, 11) is 0. The smallest absolute Gasteiger partial charge is 0.326 e. The summed E-state index contributed by atoms with van der Waals surface area (Å²) in [4.78, 5) is 13.4. The number of rotatable bonds is 9. The lowest BCUT2D eigenvalue weighted by molar-refractivity contribution is -0.156. The maximum Gasteiger partial charge on any atom is 0.326 e. The van der Waals surface area contributed by atoms with Gasteiger partial charge in [0.25, 0.3) is 0 Å². The van der Waals surface area contributed by atoms with Gasteiger partial charge in [-0.15, -0.1) is 0 Å². The van der Waals surface area contributed by atoms with E-state index in [9.17, 15) is 4.79 Å². The van der Waals surface area contributed by atoms with Crippen LogP contribution < -0.4 is 5.73 Å². The van der Waals surface area contributed by atoms with Crippen molar-refractivity contribution in [1.82, 2.24) is 0 Å². The number of ether oxygens (including phenoxy) is 2. The van der Waals surface area contributed by atoms with Crippen LogP contribution >= 0.6 is 11.6 Å². The van der Waals surface area contributed by atoms with Crippen molar-refractivity contribution in [3.05, 3.63) is 142 Å². The van der Waals surface area contributed by atoms with Gasteiger partial charge in [0.1, 0.15) is 6.04 Å². The Labute approximate surface area is 211 Å². The van der Waals surface area contributed by atoms with Crippen LogP contribution in [0.5, 0.6) is 0 Å². The van der Waals surface area contributed by atoms with Gasteiger partial charge in [0.15, 0.2) is 5.60 Å². The molecular weight excluding hydrogens is 458 g/mol. The van der Waals surface area contributed by atoms with Crippen LogP contribution in [-0.4, -0.2) is 18.6 Å². The van der Waals surface area contributed by atoms with Crippen molar-refractivity contribution in [3.63, 3.8) is 0 Å². The molecule has 0 bridgehead atoms. The first-order chi connectivity index (χ1) is 17.0. The average molecular weight is 486 g/mol. The molecule has 1 unspecified atom stereocenters. The van der Waals surface area contributed by atoms with Gasteiger partial charge in [0.2, 0.25) is 0 Å².